The first-order chi connectivity index (χ1) is 5.11. The minimum absolute atomic E-state index is 0.0680. The summed E-state index contributed by atoms with van der Waals surface area (Å²) >= 11 is 0. The number of hydrogen-bond donors (Lipinski definition) is 2. The van der Waals surface area contributed by atoms with Gasteiger partial charge >= 0.3 is 0 Å². The number of nitrogens with zero attached hydrogens (tertiary/aromatic N) is 1. The fourth-order valence-electron chi connectivity index (χ4n) is 1.23. The summed E-state index contributed by atoms with van der Waals surface area (Å²) in [6.07, 6.45) is 0.330. The van der Waals surface area contributed by atoms with Gasteiger partial charge < -0.3 is 15.7 Å². The van der Waals surface area contributed by atoms with Crippen molar-refractivity contribution in [2.75, 3.05) is 13.1 Å². The number of hydrogen-bond acceptors (Lipinski definition) is 3. The van der Waals surface area contributed by atoms with E-state index < -0.39 is 6.04 Å². The zero-order valence-corrected chi connectivity index (χ0v) is 6.66. The van der Waals surface area contributed by atoms with Gasteiger partial charge in [-0.2, -0.15) is 0 Å². The number of likely N-dealkylation sites (tertiary alicyclic amines) is 1. The largest absolute Gasteiger partial charge is 0.391 e. The summed E-state index contributed by atoms with van der Waals surface area (Å²) in [6, 6.07) is -0.444. The van der Waals surface area contributed by atoms with Gasteiger partial charge in [0.05, 0.1) is 12.1 Å². The molecule has 1 unspecified atom stereocenters. The lowest BCUT2D eigenvalue weighted by atomic mass is 10.3. The summed E-state index contributed by atoms with van der Waals surface area (Å²) in [7, 11) is 0. The summed E-state index contributed by atoms with van der Waals surface area (Å²) in [5.74, 6) is -0.0680. The van der Waals surface area contributed by atoms with Crippen LogP contribution in [0.2, 0.25) is 0 Å². The molecule has 1 rings (SSSR count). The molecule has 1 heterocycles. The van der Waals surface area contributed by atoms with Crippen LogP contribution in [-0.4, -0.2) is 41.1 Å². The van der Waals surface area contributed by atoms with E-state index in [9.17, 15) is 4.79 Å². The van der Waals surface area contributed by atoms with Crippen molar-refractivity contribution in [2.24, 2.45) is 5.73 Å². The van der Waals surface area contributed by atoms with E-state index >= 15 is 0 Å². The highest BCUT2D eigenvalue weighted by Crippen LogP contribution is 2.09. The minimum atomic E-state index is -0.444. The Hall–Kier alpha value is -0.610. The first-order valence-electron chi connectivity index (χ1n) is 3.83. The Morgan fingerprint density at radius 1 is 1.82 bits per heavy atom. The average Bonchev–Trinajstić information content (AvgIpc) is 2.34. The van der Waals surface area contributed by atoms with Gasteiger partial charge in [0, 0.05) is 13.1 Å². The van der Waals surface area contributed by atoms with Gasteiger partial charge in [-0.05, 0) is 13.3 Å². The second kappa shape index (κ2) is 3.19. The zero-order chi connectivity index (χ0) is 8.43. The maximum Gasteiger partial charge on any atom is 0.239 e. The van der Waals surface area contributed by atoms with E-state index in [4.69, 9.17) is 10.8 Å². The Kier molecular flexibility index (Phi) is 2.46. The first kappa shape index (κ1) is 8.49. The highest BCUT2D eigenvalue weighted by molar-refractivity contribution is 5.81. The quantitative estimate of drug-likeness (QED) is 0.510. The van der Waals surface area contributed by atoms with Gasteiger partial charge in [-0.25, -0.2) is 0 Å². The van der Waals surface area contributed by atoms with Crippen LogP contribution in [0.3, 0.4) is 0 Å². The summed E-state index contributed by atoms with van der Waals surface area (Å²) < 4.78 is 0. The van der Waals surface area contributed by atoms with Gasteiger partial charge in [0.2, 0.25) is 5.91 Å². The Balaban J connectivity index is 2.43. The van der Waals surface area contributed by atoms with Crippen LogP contribution >= 0.6 is 0 Å². The van der Waals surface area contributed by atoms with Crippen molar-refractivity contribution >= 4 is 5.91 Å². The number of rotatable bonds is 1. The lowest BCUT2D eigenvalue weighted by Gasteiger charge is -2.17. The van der Waals surface area contributed by atoms with Gasteiger partial charge in [-0.15, -0.1) is 0 Å². The average molecular weight is 158 g/mol. The van der Waals surface area contributed by atoms with Crippen LogP contribution in [0.5, 0.6) is 0 Å². The number of β-amino-alcohol motifs (C(OH)–C–C–N with tert-alkyl or cyclic N) is 1. The molecule has 4 heteroatoms. The molecule has 1 aliphatic rings. The summed E-state index contributed by atoms with van der Waals surface area (Å²) in [4.78, 5) is 12.8. The Morgan fingerprint density at radius 2 is 2.45 bits per heavy atom. The highest BCUT2D eigenvalue weighted by Gasteiger charge is 2.25. The molecule has 1 fully saturated rings. The Bertz CT molecular complexity index is 159. The van der Waals surface area contributed by atoms with Crippen LogP contribution < -0.4 is 5.73 Å². The summed E-state index contributed by atoms with van der Waals surface area (Å²) in [5, 5.41) is 9.10. The molecule has 1 saturated heterocycles. The summed E-state index contributed by atoms with van der Waals surface area (Å²) in [5.41, 5.74) is 5.39. The van der Waals surface area contributed by atoms with Crippen LogP contribution in [-0.2, 0) is 4.79 Å². The Morgan fingerprint density at radius 3 is 2.82 bits per heavy atom. The van der Waals surface area contributed by atoms with Crippen molar-refractivity contribution in [1.29, 1.82) is 0 Å². The van der Waals surface area contributed by atoms with Crippen LogP contribution in [0, 0.1) is 0 Å². The molecule has 3 N–H and O–H groups in total. The zero-order valence-electron chi connectivity index (χ0n) is 6.66. The third-order valence-electron chi connectivity index (χ3n) is 1.86. The monoisotopic (exact) mass is 158 g/mol. The smallest absolute Gasteiger partial charge is 0.239 e. The molecule has 0 radical (unpaired) electrons. The predicted octanol–water partition coefficient (Wildman–Crippen LogP) is -1.07. The van der Waals surface area contributed by atoms with Crippen molar-refractivity contribution in [2.45, 2.75) is 25.5 Å². The SMILES string of the molecule is C[C@H](N)C(=O)N1CCC(O)C1. The van der Waals surface area contributed by atoms with E-state index in [-0.39, 0.29) is 12.0 Å². The molecule has 11 heavy (non-hydrogen) atoms. The molecule has 1 amide bonds. The van der Waals surface area contributed by atoms with E-state index in [1.165, 1.54) is 0 Å². The molecule has 0 saturated carbocycles. The number of amides is 1. The molecule has 0 aromatic carbocycles. The molecule has 2 atom stereocenters. The second-order valence-corrected chi connectivity index (χ2v) is 3.02. The molecule has 0 aromatic rings. The van der Waals surface area contributed by atoms with E-state index in [0.717, 1.165) is 0 Å². The van der Waals surface area contributed by atoms with Crippen LogP contribution in [0.4, 0.5) is 0 Å². The van der Waals surface area contributed by atoms with Crippen LogP contribution in [0.25, 0.3) is 0 Å². The maximum absolute atomic E-state index is 11.2. The van der Waals surface area contributed by atoms with Crippen molar-refractivity contribution in [3.05, 3.63) is 0 Å². The predicted molar refractivity (Wildman–Crippen MR) is 40.9 cm³/mol. The molecule has 64 valence electrons. The number of aliphatic hydroxyl groups excluding tert-OH is 1. The number of aliphatic hydroxyl groups is 1. The molecular weight excluding hydrogens is 144 g/mol. The third-order valence-corrected chi connectivity index (χ3v) is 1.86. The van der Waals surface area contributed by atoms with Crippen molar-refractivity contribution in [1.82, 2.24) is 4.90 Å². The van der Waals surface area contributed by atoms with Gasteiger partial charge in [-0.3, -0.25) is 4.79 Å². The van der Waals surface area contributed by atoms with Crippen molar-refractivity contribution < 1.29 is 9.90 Å². The standard InChI is InChI=1S/C7H14N2O2/c1-5(8)7(11)9-3-2-6(10)4-9/h5-6,10H,2-4,8H2,1H3/t5-,6?/m0/s1. The second-order valence-electron chi connectivity index (χ2n) is 3.02. The fraction of sp³-hybridized carbons (Fsp3) is 0.857. The normalized spacial score (nSPS) is 27.2. The topological polar surface area (TPSA) is 66.6 Å². The third kappa shape index (κ3) is 1.91. The number of nitrogens with two attached hydrogens (primary N) is 1. The number of carbonyl (C=O) groups excluding carboxylic acids is 1. The fourth-order valence-corrected chi connectivity index (χ4v) is 1.23. The van der Waals surface area contributed by atoms with E-state index in [1.54, 1.807) is 11.8 Å². The first-order valence-corrected chi connectivity index (χ1v) is 3.83. The van der Waals surface area contributed by atoms with E-state index in [2.05, 4.69) is 0 Å². The van der Waals surface area contributed by atoms with Gasteiger partial charge in [0.1, 0.15) is 0 Å². The minimum Gasteiger partial charge on any atom is -0.391 e. The van der Waals surface area contributed by atoms with E-state index in [1.807, 2.05) is 0 Å². The van der Waals surface area contributed by atoms with Gasteiger partial charge in [-0.1, -0.05) is 0 Å². The lowest BCUT2D eigenvalue weighted by Crippen LogP contribution is -2.41. The summed E-state index contributed by atoms with van der Waals surface area (Å²) in [6.45, 7) is 2.74. The lowest BCUT2D eigenvalue weighted by molar-refractivity contribution is -0.131. The van der Waals surface area contributed by atoms with Crippen LogP contribution in [0.15, 0.2) is 0 Å². The number of carbonyl (C=O) groups is 1. The molecule has 1 aliphatic heterocycles. The van der Waals surface area contributed by atoms with Crippen molar-refractivity contribution in [3.63, 3.8) is 0 Å². The Labute approximate surface area is 66.0 Å². The molecular formula is C7H14N2O2. The van der Waals surface area contributed by atoms with Crippen molar-refractivity contribution in [3.8, 4) is 0 Å². The molecule has 0 aromatic heterocycles. The molecule has 4 nitrogen and oxygen atoms in total. The molecule has 0 spiro atoms. The molecule has 0 bridgehead atoms. The maximum atomic E-state index is 11.2. The molecule has 0 aliphatic carbocycles. The highest BCUT2D eigenvalue weighted by atomic mass is 16.3. The van der Waals surface area contributed by atoms with Crippen LogP contribution in [0.1, 0.15) is 13.3 Å². The van der Waals surface area contributed by atoms with Gasteiger partial charge in [0.15, 0.2) is 0 Å². The van der Waals surface area contributed by atoms with Gasteiger partial charge in [0.25, 0.3) is 0 Å². The van der Waals surface area contributed by atoms with E-state index in [0.29, 0.717) is 19.5 Å².